The summed E-state index contributed by atoms with van der Waals surface area (Å²) in [5.74, 6) is -0.410. The van der Waals surface area contributed by atoms with Gasteiger partial charge in [-0.2, -0.15) is 0 Å². The molecule has 1 heterocycles. The maximum atomic E-state index is 12.1. The van der Waals surface area contributed by atoms with E-state index in [0.717, 1.165) is 23.4 Å². The molecule has 1 aromatic rings. The van der Waals surface area contributed by atoms with Crippen LogP contribution in [0.1, 0.15) is 20.8 Å². The van der Waals surface area contributed by atoms with E-state index in [1.54, 1.807) is 20.8 Å². The van der Waals surface area contributed by atoms with Crippen molar-refractivity contribution in [3.8, 4) is 0 Å². The molecule has 0 aromatic carbocycles. The molecule has 0 N–H and O–H groups in total. The number of rotatable bonds is 7. The number of amides is 1. The number of hydrogen-bond donors (Lipinski definition) is 0. The summed E-state index contributed by atoms with van der Waals surface area (Å²) in [6, 6.07) is 2.12. The average Bonchev–Trinajstić information content (AvgIpc) is 2.42. The Morgan fingerprint density at radius 3 is 2.45 bits per heavy atom. The minimum atomic E-state index is -3.78. The summed E-state index contributed by atoms with van der Waals surface area (Å²) in [7, 11) is -3.78. The first-order chi connectivity index (χ1) is 10.0. The zero-order chi connectivity index (χ0) is 17.0. The van der Waals surface area contributed by atoms with E-state index >= 15 is 0 Å². The molecule has 0 aliphatic carbocycles. The van der Waals surface area contributed by atoms with Gasteiger partial charge in [0.15, 0.2) is 14.9 Å². The fourth-order valence-corrected chi connectivity index (χ4v) is 2.57. The van der Waals surface area contributed by atoms with E-state index in [9.17, 15) is 23.3 Å². The third-order valence-electron chi connectivity index (χ3n) is 2.34. The third-order valence-corrected chi connectivity index (χ3v) is 3.94. The molecule has 1 rings (SSSR count). The molecule has 22 heavy (non-hydrogen) atoms. The van der Waals surface area contributed by atoms with Crippen LogP contribution in [0.15, 0.2) is 23.4 Å². The topological polar surface area (TPSA) is 120 Å². The number of nitro groups is 1. The highest BCUT2D eigenvalue weighted by Gasteiger charge is 2.21. The van der Waals surface area contributed by atoms with Gasteiger partial charge in [0.05, 0.1) is 22.8 Å². The molecule has 1 amide bonds. The Bertz CT molecular complexity index is 636. The lowest BCUT2D eigenvalue weighted by molar-refractivity contribution is -0.385. The van der Waals surface area contributed by atoms with E-state index in [1.807, 2.05) is 0 Å². The number of aromatic nitrogens is 1. The van der Waals surface area contributed by atoms with Crippen LogP contribution in [0.4, 0.5) is 5.69 Å². The van der Waals surface area contributed by atoms with Crippen molar-refractivity contribution in [2.45, 2.75) is 31.4 Å². The first-order valence-corrected chi connectivity index (χ1v) is 7.95. The van der Waals surface area contributed by atoms with Crippen molar-refractivity contribution in [2.75, 3.05) is 12.3 Å². The van der Waals surface area contributed by atoms with Crippen molar-refractivity contribution in [1.29, 1.82) is 0 Å². The van der Waals surface area contributed by atoms with E-state index < -0.39 is 26.1 Å². The molecule has 0 unspecified atom stereocenters. The molecule has 0 atom stereocenters. The van der Waals surface area contributed by atoms with Crippen LogP contribution in [0, 0.1) is 10.1 Å². The van der Waals surface area contributed by atoms with Gasteiger partial charge < -0.3 is 0 Å². The maximum Gasteiger partial charge on any atom is 0.287 e. The van der Waals surface area contributed by atoms with Gasteiger partial charge in [-0.15, -0.1) is 0 Å². The second-order valence-electron chi connectivity index (χ2n) is 5.38. The Morgan fingerprint density at radius 2 is 2.05 bits per heavy atom. The Labute approximate surface area is 127 Å². The quantitative estimate of drug-likeness (QED) is 0.414. The van der Waals surface area contributed by atoms with Crippen molar-refractivity contribution in [3.05, 3.63) is 28.4 Å². The zero-order valence-corrected chi connectivity index (χ0v) is 13.2. The predicted octanol–water partition coefficient (Wildman–Crippen LogP) is 0.952. The van der Waals surface area contributed by atoms with E-state index in [2.05, 4.69) is 4.98 Å². The van der Waals surface area contributed by atoms with Crippen LogP contribution in [-0.2, 0) is 19.5 Å². The average molecular weight is 331 g/mol. The summed E-state index contributed by atoms with van der Waals surface area (Å²) in [6.07, 6.45) is 1.26. The number of pyridine rings is 1. The summed E-state index contributed by atoms with van der Waals surface area (Å²) in [6.45, 7) is 4.98. The van der Waals surface area contributed by atoms with Gasteiger partial charge >= 0.3 is 0 Å². The first kappa shape index (κ1) is 18.0. The standard InChI is InChI=1S/C12H17N3O6S/c1-12(2,3)21-14(9-16)6-7-22(19,20)11-5-4-10(8-13-11)15(17)18/h4-5,8-9H,6-7H2,1-3H3. The lowest BCUT2D eigenvalue weighted by Crippen LogP contribution is -2.36. The van der Waals surface area contributed by atoms with Crippen molar-refractivity contribution in [3.63, 3.8) is 0 Å². The molecule has 0 aliphatic rings. The van der Waals surface area contributed by atoms with Crippen LogP contribution < -0.4 is 0 Å². The highest BCUT2D eigenvalue weighted by Crippen LogP contribution is 2.14. The van der Waals surface area contributed by atoms with E-state index in [1.165, 1.54) is 0 Å². The summed E-state index contributed by atoms with van der Waals surface area (Å²) in [5, 5.41) is 11.1. The maximum absolute atomic E-state index is 12.1. The van der Waals surface area contributed by atoms with Crippen molar-refractivity contribution in [2.24, 2.45) is 0 Å². The molecule has 9 nitrogen and oxygen atoms in total. The van der Waals surface area contributed by atoms with Gasteiger partial charge in [-0.05, 0) is 26.8 Å². The Kier molecular flexibility index (Phi) is 5.55. The van der Waals surface area contributed by atoms with Crippen LogP contribution in [-0.4, -0.2) is 47.7 Å². The van der Waals surface area contributed by atoms with Gasteiger partial charge in [-0.1, -0.05) is 0 Å². The molecule has 0 saturated heterocycles. The number of nitrogens with zero attached hydrogens (tertiary/aromatic N) is 3. The summed E-state index contributed by atoms with van der Waals surface area (Å²) >= 11 is 0. The second-order valence-corrected chi connectivity index (χ2v) is 7.44. The van der Waals surface area contributed by atoms with Gasteiger partial charge in [0.25, 0.3) is 5.69 Å². The fourth-order valence-electron chi connectivity index (χ4n) is 1.45. The summed E-state index contributed by atoms with van der Waals surface area (Å²) in [5.41, 5.74) is -0.944. The second kappa shape index (κ2) is 6.79. The molecular weight excluding hydrogens is 314 g/mol. The Morgan fingerprint density at radius 1 is 1.41 bits per heavy atom. The van der Waals surface area contributed by atoms with Gasteiger partial charge in [-0.3, -0.25) is 19.7 Å². The number of hydrogen-bond acceptors (Lipinski definition) is 7. The van der Waals surface area contributed by atoms with Crippen LogP contribution in [0.3, 0.4) is 0 Å². The van der Waals surface area contributed by atoms with Gasteiger partial charge in [0.1, 0.15) is 6.20 Å². The molecule has 0 spiro atoms. The number of sulfone groups is 1. The van der Waals surface area contributed by atoms with Crippen molar-refractivity contribution in [1.82, 2.24) is 10.0 Å². The summed E-state index contributed by atoms with van der Waals surface area (Å²) in [4.78, 5) is 29.5. The normalized spacial score (nSPS) is 12.0. The number of carbonyl (C=O) groups is 1. The molecule has 0 bridgehead atoms. The molecular formula is C12H17N3O6S. The monoisotopic (exact) mass is 331 g/mol. The van der Waals surface area contributed by atoms with E-state index in [-0.39, 0.29) is 17.3 Å². The van der Waals surface area contributed by atoms with Crippen LogP contribution in [0.25, 0.3) is 0 Å². The van der Waals surface area contributed by atoms with Gasteiger partial charge in [0, 0.05) is 6.07 Å². The van der Waals surface area contributed by atoms with Gasteiger partial charge in [0.2, 0.25) is 6.41 Å². The SMILES string of the molecule is CC(C)(C)ON(C=O)CCS(=O)(=O)c1ccc([N+](=O)[O-])cn1. The molecule has 122 valence electrons. The van der Waals surface area contributed by atoms with E-state index in [4.69, 9.17) is 4.84 Å². The van der Waals surface area contributed by atoms with Gasteiger partial charge in [-0.25, -0.2) is 18.5 Å². The van der Waals surface area contributed by atoms with Crippen LogP contribution in [0.5, 0.6) is 0 Å². The van der Waals surface area contributed by atoms with Crippen molar-refractivity contribution < 1.29 is 23.0 Å². The summed E-state index contributed by atoms with van der Waals surface area (Å²) < 4.78 is 24.1. The lowest BCUT2D eigenvalue weighted by atomic mass is 10.2. The molecule has 10 heteroatoms. The van der Waals surface area contributed by atoms with E-state index in [0.29, 0.717) is 6.41 Å². The molecule has 0 aliphatic heterocycles. The molecule has 0 saturated carbocycles. The number of hydroxylamine groups is 2. The highest BCUT2D eigenvalue weighted by molar-refractivity contribution is 7.91. The first-order valence-electron chi connectivity index (χ1n) is 6.29. The third kappa shape index (κ3) is 5.37. The minimum absolute atomic E-state index is 0.179. The molecule has 0 radical (unpaired) electrons. The van der Waals surface area contributed by atoms with Crippen molar-refractivity contribution >= 4 is 21.9 Å². The smallest absolute Gasteiger partial charge is 0.276 e. The Hall–Kier alpha value is -2.07. The Balaban J connectivity index is 2.78. The largest absolute Gasteiger partial charge is 0.287 e. The fraction of sp³-hybridized carbons (Fsp3) is 0.500. The highest BCUT2D eigenvalue weighted by atomic mass is 32.2. The minimum Gasteiger partial charge on any atom is -0.276 e. The number of carbonyl (C=O) groups excluding carboxylic acids is 1. The predicted molar refractivity (Wildman–Crippen MR) is 76.6 cm³/mol. The van der Waals surface area contributed by atoms with Crippen LogP contribution >= 0.6 is 0 Å². The molecule has 0 fully saturated rings. The lowest BCUT2D eigenvalue weighted by Gasteiger charge is -2.26. The van der Waals surface area contributed by atoms with Crippen LogP contribution in [0.2, 0.25) is 0 Å². The zero-order valence-electron chi connectivity index (χ0n) is 12.4. The molecule has 1 aromatic heterocycles.